The number of ether oxygens (including phenoxy) is 1. The van der Waals surface area contributed by atoms with Crippen molar-refractivity contribution >= 4 is 35.6 Å². The molecule has 0 aromatic heterocycles. The van der Waals surface area contributed by atoms with Gasteiger partial charge in [0.25, 0.3) is 0 Å². The van der Waals surface area contributed by atoms with Gasteiger partial charge in [0.2, 0.25) is 0 Å². The average Bonchev–Trinajstić information content (AvgIpc) is 2.58. The maximum atomic E-state index is 11.9. The molecule has 1 heterocycles. The fourth-order valence-corrected chi connectivity index (χ4v) is 3.92. The Morgan fingerprint density at radius 1 is 1.38 bits per heavy atom. The number of nitrogens with zero attached hydrogens (tertiary/aromatic N) is 1. The third-order valence-corrected chi connectivity index (χ3v) is 5.80. The van der Waals surface area contributed by atoms with Crippen LogP contribution in [0.3, 0.4) is 0 Å². The van der Waals surface area contributed by atoms with E-state index in [4.69, 9.17) is 16.3 Å². The van der Waals surface area contributed by atoms with E-state index in [-0.39, 0.29) is 11.2 Å². The van der Waals surface area contributed by atoms with E-state index in [0.29, 0.717) is 5.94 Å². The van der Waals surface area contributed by atoms with Gasteiger partial charge in [0.05, 0.1) is 5.41 Å². The van der Waals surface area contributed by atoms with Crippen LogP contribution in [0.25, 0.3) is 0 Å². The van der Waals surface area contributed by atoms with E-state index >= 15 is 0 Å². The van der Waals surface area contributed by atoms with Crippen LogP contribution < -0.4 is 0 Å². The SMILES string of the molecule is CC(C)(C)C(=O)OCSC1CCN(Cc2ccccc2Cl)C/C1=C/C=O. The van der Waals surface area contributed by atoms with Crippen molar-refractivity contribution in [3.8, 4) is 0 Å². The number of carbonyl (C=O) groups is 2. The van der Waals surface area contributed by atoms with Crippen molar-refractivity contribution in [2.45, 2.75) is 39.0 Å². The molecule has 1 fully saturated rings. The molecule has 1 aromatic carbocycles. The van der Waals surface area contributed by atoms with Gasteiger partial charge in [-0.25, -0.2) is 0 Å². The summed E-state index contributed by atoms with van der Waals surface area (Å²) in [5.41, 5.74) is 1.65. The molecule has 0 saturated carbocycles. The maximum absolute atomic E-state index is 11.9. The Labute approximate surface area is 164 Å². The van der Waals surface area contributed by atoms with Gasteiger partial charge in [-0.3, -0.25) is 14.5 Å². The number of halogens is 1. The summed E-state index contributed by atoms with van der Waals surface area (Å²) in [4.78, 5) is 25.2. The normalized spacial score (nSPS) is 20.2. The zero-order valence-electron chi connectivity index (χ0n) is 15.5. The third kappa shape index (κ3) is 6.15. The number of carbonyl (C=O) groups excluding carboxylic acids is 2. The monoisotopic (exact) mass is 395 g/mol. The van der Waals surface area contributed by atoms with Gasteiger partial charge in [0.15, 0.2) is 0 Å². The fourth-order valence-electron chi connectivity index (χ4n) is 2.75. The molecule has 2 rings (SSSR count). The van der Waals surface area contributed by atoms with Gasteiger partial charge in [0, 0.05) is 29.9 Å². The Hall–Kier alpha value is -1.30. The summed E-state index contributed by atoms with van der Waals surface area (Å²) in [5.74, 6) is 0.101. The van der Waals surface area contributed by atoms with Gasteiger partial charge in [-0.05, 0) is 50.5 Å². The van der Waals surface area contributed by atoms with Gasteiger partial charge >= 0.3 is 5.97 Å². The summed E-state index contributed by atoms with van der Waals surface area (Å²) >= 11 is 7.83. The van der Waals surface area contributed by atoms with Crippen molar-refractivity contribution in [3.05, 3.63) is 46.5 Å². The molecule has 0 radical (unpaired) electrons. The van der Waals surface area contributed by atoms with Crippen LogP contribution in [0.1, 0.15) is 32.8 Å². The molecular weight excluding hydrogens is 370 g/mol. The predicted molar refractivity (Wildman–Crippen MR) is 107 cm³/mol. The van der Waals surface area contributed by atoms with Crippen molar-refractivity contribution < 1.29 is 14.3 Å². The lowest BCUT2D eigenvalue weighted by Crippen LogP contribution is -2.37. The van der Waals surface area contributed by atoms with Crippen LogP contribution in [0.15, 0.2) is 35.9 Å². The third-order valence-electron chi connectivity index (χ3n) is 4.23. The first-order valence-corrected chi connectivity index (χ1v) is 10.1. The molecule has 142 valence electrons. The van der Waals surface area contributed by atoms with E-state index in [1.54, 1.807) is 17.8 Å². The first kappa shape index (κ1) is 21.0. The van der Waals surface area contributed by atoms with E-state index in [1.165, 1.54) is 0 Å². The number of likely N-dealkylation sites (tertiary alicyclic amines) is 1. The number of hydrogen-bond acceptors (Lipinski definition) is 5. The van der Waals surface area contributed by atoms with Crippen molar-refractivity contribution in [2.75, 3.05) is 19.0 Å². The Balaban J connectivity index is 1.91. The summed E-state index contributed by atoms with van der Waals surface area (Å²) < 4.78 is 5.35. The Morgan fingerprint density at radius 3 is 2.77 bits per heavy atom. The number of thioether (sulfide) groups is 1. The van der Waals surface area contributed by atoms with Crippen LogP contribution in [-0.2, 0) is 20.9 Å². The molecule has 0 bridgehead atoms. The lowest BCUT2D eigenvalue weighted by molar-refractivity contribution is -0.150. The summed E-state index contributed by atoms with van der Waals surface area (Å²) in [7, 11) is 0. The van der Waals surface area contributed by atoms with E-state index in [1.807, 2.05) is 45.0 Å². The first-order valence-electron chi connectivity index (χ1n) is 8.70. The van der Waals surface area contributed by atoms with Gasteiger partial charge in [-0.15, -0.1) is 11.8 Å². The standard InChI is InChI=1S/C20H26ClNO3S/c1-20(2,3)19(24)25-14-26-18-8-10-22(13-16(18)9-11-23)12-15-6-4-5-7-17(15)21/h4-7,9,11,18H,8,10,12-14H2,1-3H3/b16-9-. The van der Waals surface area contributed by atoms with Crippen LogP contribution >= 0.6 is 23.4 Å². The number of hydrogen-bond donors (Lipinski definition) is 0. The van der Waals surface area contributed by atoms with E-state index in [9.17, 15) is 9.59 Å². The van der Waals surface area contributed by atoms with Gasteiger partial charge < -0.3 is 4.74 Å². The molecule has 0 N–H and O–H groups in total. The lowest BCUT2D eigenvalue weighted by atomic mass is 9.98. The Kier molecular flexibility index (Phi) is 7.74. The molecule has 0 aliphatic carbocycles. The smallest absolute Gasteiger partial charge is 0.312 e. The highest BCUT2D eigenvalue weighted by molar-refractivity contribution is 7.99. The molecule has 0 amide bonds. The predicted octanol–water partition coefficient (Wildman–Crippen LogP) is 4.32. The minimum absolute atomic E-state index is 0.190. The highest BCUT2D eigenvalue weighted by Crippen LogP contribution is 2.30. The average molecular weight is 396 g/mol. The Morgan fingerprint density at radius 2 is 2.12 bits per heavy atom. The van der Waals surface area contributed by atoms with Crippen molar-refractivity contribution in [3.63, 3.8) is 0 Å². The molecule has 0 spiro atoms. The number of benzene rings is 1. The largest absolute Gasteiger partial charge is 0.454 e. The van der Waals surface area contributed by atoms with Crippen molar-refractivity contribution in [2.24, 2.45) is 5.41 Å². The van der Waals surface area contributed by atoms with Crippen LogP contribution in [0.2, 0.25) is 5.02 Å². The van der Waals surface area contributed by atoms with Crippen LogP contribution in [0.4, 0.5) is 0 Å². The molecule has 6 heteroatoms. The zero-order chi connectivity index (χ0) is 19.2. The van der Waals surface area contributed by atoms with Gasteiger partial charge in [-0.2, -0.15) is 0 Å². The zero-order valence-corrected chi connectivity index (χ0v) is 17.1. The van der Waals surface area contributed by atoms with Gasteiger partial charge in [0.1, 0.15) is 12.2 Å². The van der Waals surface area contributed by atoms with Crippen molar-refractivity contribution in [1.82, 2.24) is 4.90 Å². The number of esters is 1. The minimum atomic E-state index is -0.500. The number of allylic oxidation sites excluding steroid dienone is 1. The van der Waals surface area contributed by atoms with E-state index < -0.39 is 5.41 Å². The molecule has 1 atom stereocenters. The molecule has 1 saturated heterocycles. The second kappa shape index (κ2) is 9.58. The minimum Gasteiger partial charge on any atom is -0.454 e. The van der Waals surface area contributed by atoms with E-state index in [2.05, 4.69) is 4.90 Å². The molecule has 1 aromatic rings. The van der Waals surface area contributed by atoms with Crippen LogP contribution in [0.5, 0.6) is 0 Å². The van der Waals surface area contributed by atoms with E-state index in [0.717, 1.165) is 48.5 Å². The Bertz CT molecular complexity index is 669. The molecule has 1 unspecified atom stereocenters. The first-order chi connectivity index (χ1) is 12.3. The van der Waals surface area contributed by atoms with Gasteiger partial charge in [-0.1, -0.05) is 29.8 Å². The van der Waals surface area contributed by atoms with Crippen LogP contribution in [0, 0.1) is 5.41 Å². The second-order valence-corrected chi connectivity index (χ2v) is 8.97. The highest BCUT2D eigenvalue weighted by Gasteiger charge is 2.27. The molecular formula is C20H26ClNO3S. The molecule has 4 nitrogen and oxygen atoms in total. The fraction of sp³-hybridized carbons (Fsp3) is 0.500. The lowest BCUT2D eigenvalue weighted by Gasteiger charge is -2.34. The van der Waals surface area contributed by atoms with Crippen LogP contribution in [-0.4, -0.2) is 41.4 Å². The maximum Gasteiger partial charge on any atom is 0.312 e. The molecule has 1 aliphatic heterocycles. The summed E-state index contributed by atoms with van der Waals surface area (Å²) in [6.45, 7) is 7.90. The topological polar surface area (TPSA) is 46.6 Å². The summed E-state index contributed by atoms with van der Waals surface area (Å²) in [6, 6.07) is 7.82. The highest BCUT2D eigenvalue weighted by atomic mass is 35.5. The quantitative estimate of drug-likeness (QED) is 0.310. The number of aldehydes is 1. The number of piperidine rings is 1. The second-order valence-electron chi connectivity index (χ2n) is 7.42. The van der Waals surface area contributed by atoms with Crippen molar-refractivity contribution in [1.29, 1.82) is 0 Å². The number of rotatable bonds is 6. The molecule has 1 aliphatic rings. The summed E-state index contributed by atoms with van der Waals surface area (Å²) in [5, 5.41) is 0.953. The summed E-state index contributed by atoms with van der Waals surface area (Å²) in [6.07, 6.45) is 3.38. The molecule has 26 heavy (non-hydrogen) atoms.